The summed E-state index contributed by atoms with van der Waals surface area (Å²) in [5.74, 6) is -2.51. The van der Waals surface area contributed by atoms with Crippen molar-refractivity contribution in [2.75, 3.05) is 60.5 Å². The summed E-state index contributed by atoms with van der Waals surface area (Å²) in [6.07, 6.45) is 1.89. The number of rotatable bonds is 23. The zero-order valence-electron chi connectivity index (χ0n) is 25.7. The van der Waals surface area contributed by atoms with Gasteiger partial charge in [0.1, 0.15) is 24.7 Å². The Labute approximate surface area is 239 Å². The molecule has 0 aliphatic heterocycles. The average Bonchev–Trinajstić information content (AvgIpc) is 2.96. The van der Waals surface area contributed by atoms with Crippen LogP contribution < -0.4 is 16.0 Å². The molecule has 0 heterocycles. The molecule has 234 valence electrons. The zero-order valence-corrected chi connectivity index (χ0v) is 25.7. The molecule has 0 fully saturated rings. The van der Waals surface area contributed by atoms with Crippen LogP contribution >= 0.6 is 0 Å². The van der Waals surface area contributed by atoms with Crippen molar-refractivity contribution in [3.8, 4) is 0 Å². The van der Waals surface area contributed by atoms with Crippen LogP contribution in [0, 0.1) is 17.8 Å². The number of esters is 1. The first kappa shape index (κ1) is 37.7. The Hall–Kier alpha value is -2.28. The fourth-order valence-corrected chi connectivity index (χ4v) is 3.65. The van der Waals surface area contributed by atoms with E-state index in [-0.39, 0.29) is 31.0 Å². The summed E-state index contributed by atoms with van der Waals surface area (Å²) >= 11 is 0. The van der Waals surface area contributed by atoms with Crippen molar-refractivity contribution in [1.82, 2.24) is 16.0 Å². The molecule has 12 heteroatoms. The van der Waals surface area contributed by atoms with E-state index in [1.54, 1.807) is 7.11 Å². The van der Waals surface area contributed by atoms with Crippen molar-refractivity contribution in [3.63, 3.8) is 0 Å². The van der Waals surface area contributed by atoms with Crippen LogP contribution in [-0.4, -0.2) is 102 Å². The van der Waals surface area contributed by atoms with Crippen LogP contribution in [0.3, 0.4) is 0 Å². The highest BCUT2D eigenvalue weighted by Crippen LogP contribution is 2.14. The van der Waals surface area contributed by atoms with Crippen LogP contribution in [0.25, 0.3) is 0 Å². The third kappa shape index (κ3) is 14.9. The molecule has 0 aromatic rings. The summed E-state index contributed by atoms with van der Waals surface area (Å²) < 4.78 is 25.8. The zero-order chi connectivity index (χ0) is 30.5. The highest BCUT2D eigenvalue weighted by molar-refractivity contribution is 5.94. The molecule has 0 saturated carbocycles. The van der Waals surface area contributed by atoms with E-state index in [4.69, 9.17) is 23.7 Å². The lowest BCUT2D eigenvalue weighted by atomic mass is 9.93. The van der Waals surface area contributed by atoms with Crippen molar-refractivity contribution in [3.05, 3.63) is 0 Å². The summed E-state index contributed by atoms with van der Waals surface area (Å²) in [5.41, 5.74) is 0. The standard InChI is InChI=1S/C28H53N3O9/c1-9-19(4)23(29-22(32)18-40-17-16-39-15-14-38-13-12-36-7)26(33)30-24(20(5)10-2)27(34)31-25(21(6)11-3)28(35)37-8/h19-21,23-25H,9-18H2,1-8H3,(H,29,32)(H,30,33)(H,31,34)/t19-,20-,21-,23-,24-,25-/m0/s1. The van der Waals surface area contributed by atoms with Crippen molar-refractivity contribution >= 4 is 23.7 Å². The maximum absolute atomic E-state index is 13.3. The number of hydrogen-bond acceptors (Lipinski definition) is 9. The van der Waals surface area contributed by atoms with E-state index >= 15 is 0 Å². The Morgan fingerprint density at radius 2 is 0.975 bits per heavy atom. The van der Waals surface area contributed by atoms with Gasteiger partial charge in [0.2, 0.25) is 17.7 Å². The monoisotopic (exact) mass is 575 g/mol. The topological polar surface area (TPSA) is 151 Å². The second kappa shape index (κ2) is 22.4. The van der Waals surface area contributed by atoms with Gasteiger partial charge in [-0.1, -0.05) is 60.8 Å². The minimum absolute atomic E-state index is 0.156. The highest BCUT2D eigenvalue weighted by atomic mass is 16.6. The predicted octanol–water partition coefficient (Wildman–Crippen LogP) is 1.45. The Bertz CT molecular complexity index is 738. The second-order valence-corrected chi connectivity index (χ2v) is 9.97. The maximum atomic E-state index is 13.3. The van der Waals surface area contributed by atoms with Crippen molar-refractivity contribution in [1.29, 1.82) is 0 Å². The van der Waals surface area contributed by atoms with Crippen LogP contribution in [0.5, 0.6) is 0 Å². The van der Waals surface area contributed by atoms with E-state index in [2.05, 4.69) is 16.0 Å². The van der Waals surface area contributed by atoms with Crippen molar-refractivity contribution < 1.29 is 42.9 Å². The van der Waals surface area contributed by atoms with Gasteiger partial charge in [0.05, 0.1) is 46.8 Å². The van der Waals surface area contributed by atoms with E-state index in [9.17, 15) is 19.2 Å². The molecule has 0 aromatic carbocycles. The number of ether oxygens (including phenoxy) is 5. The molecule has 0 bridgehead atoms. The fourth-order valence-electron chi connectivity index (χ4n) is 3.65. The number of amides is 3. The van der Waals surface area contributed by atoms with Gasteiger partial charge < -0.3 is 39.6 Å². The molecular weight excluding hydrogens is 522 g/mol. The largest absolute Gasteiger partial charge is 0.467 e. The number of carbonyl (C=O) groups excluding carboxylic acids is 4. The summed E-state index contributed by atoms with van der Waals surface area (Å²) in [6, 6.07) is -2.60. The van der Waals surface area contributed by atoms with E-state index in [1.807, 2.05) is 41.5 Å². The average molecular weight is 576 g/mol. The molecule has 0 spiro atoms. The lowest BCUT2D eigenvalue weighted by molar-refractivity contribution is -0.147. The molecule has 0 aliphatic rings. The Morgan fingerprint density at radius 1 is 0.575 bits per heavy atom. The van der Waals surface area contributed by atoms with E-state index in [1.165, 1.54) is 7.11 Å². The van der Waals surface area contributed by atoms with Gasteiger partial charge in [-0.15, -0.1) is 0 Å². The summed E-state index contributed by atoms with van der Waals surface area (Å²) in [6.45, 7) is 13.4. The Morgan fingerprint density at radius 3 is 1.43 bits per heavy atom. The number of hydrogen-bond donors (Lipinski definition) is 3. The molecule has 3 amide bonds. The van der Waals surface area contributed by atoms with Gasteiger partial charge in [-0.2, -0.15) is 0 Å². The molecule has 0 saturated heterocycles. The molecular formula is C28H53N3O9. The van der Waals surface area contributed by atoms with Crippen molar-refractivity contribution in [2.24, 2.45) is 17.8 Å². The molecule has 0 aromatic heterocycles. The quantitative estimate of drug-likeness (QED) is 0.121. The molecule has 3 N–H and O–H groups in total. The van der Waals surface area contributed by atoms with Crippen LogP contribution in [0.15, 0.2) is 0 Å². The summed E-state index contributed by atoms with van der Waals surface area (Å²) in [7, 11) is 2.88. The van der Waals surface area contributed by atoms with Gasteiger partial charge >= 0.3 is 5.97 Å². The first-order valence-electron chi connectivity index (χ1n) is 14.3. The lowest BCUT2D eigenvalue weighted by Crippen LogP contribution is -2.59. The third-order valence-electron chi connectivity index (χ3n) is 6.98. The highest BCUT2D eigenvalue weighted by Gasteiger charge is 2.35. The lowest BCUT2D eigenvalue weighted by Gasteiger charge is -2.30. The molecule has 6 atom stereocenters. The van der Waals surface area contributed by atoms with E-state index in [0.29, 0.717) is 52.3 Å². The van der Waals surface area contributed by atoms with Crippen LogP contribution in [0.1, 0.15) is 60.8 Å². The molecule has 0 unspecified atom stereocenters. The number of methoxy groups -OCH3 is 2. The molecule has 40 heavy (non-hydrogen) atoms. The second-order valence-electron chi connectivity index (χ2n) is 9.97. The van der Waals surface area contributed by atoms with Crippen molar-refractivity contribution in [2.45, 2.75) is 78.9 Å². The molecule has 0 aliphatic carbocycles. The number of nitrogens with one attached hydrogen (secondary N) is 3. The summed E-state index contributed by atoms with van der Waals surface area (Å²) in [5, 5.41) is 8.32. The van der Waals surface area contributed by atoms with Gasteiger partial charge in [-0.25, -0.2) is 4.79 Å². The van der Waals surface area contributed by atoms with Gasteiger partial charge in [0, 0.05) is 7.11 Å². The van der Waals surface area contributed by atoms with Crippen LogP contribution in [-0.2, 0) is 42.9 Å². The number of carbonyl (C=O) groups is 4. The molecule has 0 radical (unpaired) electrons. The van der Waals surface area contributed by atoms with E-state index in [0.717, 1.165) is 0 Å². The Kier molecular flexibility index (Phi) is 21.1. The van der Waals surface area contributed by atoms with Crippen LogP contribution in [0.4, 0.5) is 0 Å². The van der Waals surface area contributed by atoms with E-state index < -0.39 is 41.8 Å². The third-order valence-corrected chi connectivity index (χ3v) is 6.98. The molecule has 0 rings (SSSR count). The minimum Gasteiger partial charge on any atom is -0.467 e. The normalized spacial score (nSPS) is 15.7. The maximum Gasteiger partial charge on any atom is 0.328 e. The van der Waals surface area contributed by atoms with Crippen LogP contribution in [0.2, 0.25) is 0 Å². The minimum atomic E-state index is -0.899. The predicted molar refractivity (Wildman–Crippen MR) is 151 cm³/mol. The smallest absolute Gasteiger partial charge is 0.328 e. The molecule has 12 nitrogen and oxygen atoms in total. The fraction of sp³-hybridized carbons (Fsp3) is 0.857. The first-order chi connectivity index (χ1) is 19.1. The first-order valence-corrected chi connectivity index (χ1v) is 14.3. The Balaban J connectivity index is 5.07. The van der Waals surface area contributed by atoms with Gasteiger partial charge in [-0.3, -0.25) is 14.4 Å². The van der Waals surface area contributed by atoms with Gasteiger partial charge in [0.15, 0.2) is 0 Å². The van der Waals surface area contributed by atoms with Gasteiger partial charge in [0.25, 0.3) is 0 Å². The SMILES string of the molecule is CC[C@H](C)[C@H](NC(=O)COCCOCCOCCOC)C(=O)N[C@H](C(=O)N[C@H](C(=O)OC)[C@@H](C)CC)[C@@H](C)CC. The van der Waals surface area contributed by atoms with Gasteiger partial charge in [-0.05, 0) is 17.8 Å². The summed E-state index contributed by atoms with van der Waals surface area (Å²) in [4.78, 5) is 51.5.